The van der Waals surface area contributed by atoms with Crippen LogP contribution in [0.5, 0.6) is 0 Å². The molecule has 0 aromatic heterocycles. The number of benzene rings is 2. The normalized spacial score (nSPS) is 10.0. The Labute approximate surface area is 124 Å². The maximum Gasteiger partial charge on any atom is 0.316 e. The van der Waals surface area contributed by atoms with Crippen LogP contribution in [0.2, 0.25) is 0 Å². The Morgan fingerprint density at radius 1 is 1.00 bits per heavy atom. The molecule has 21 heavy (non-hydrogen) atoms. The SMILES string of the molecule is Cc1ccccc1CNC(=O)C(=O)N(C)c1ccccc1. The number of carbonyl (C=O) groups excluding carboxylic acids is 2. The number of likely N-dealkylation sites (N-methyl/N-ethyl adjacent to an activating group) is 1. The molecule has 1 N–H and O–H groups in total. The Hall–Kier alpha value is -2.62. The fourth-order valence-electron chi connectivity index (χ4n) is 1.98. The zero-order chi connectivity index (χ0) is 15.2. The van der Waals surface area contributed by atoms with Gasteiger partial charge in [0.05, 0.1) is 0 Å². The van der Waals surface area contributed by atoms with E-state index < -0.39 is 11.8 Å². The summed E-state index contributed by atoms with van der Waals surface area (Å²) in [5, 5.41) is 2.66. The third-order valence-electron chi connectivity index (χ3n) is 3.34. The van der Waals surface area contributed by atoms with Crippen molar-refractivity contribution >= 4 is 17.5 Å². The lowest BCUT2D eigenvalue weighted by Gasteiger charge is -2.16. The first kappa shape index (κ1) is 14.8. The van der Waals surface area contributed by atoms with E-state index in [9.17, 15) is 9.59 Å². The summed E-state index contributed by atoms with van der Waals surface area (Å²) >= 11 is 0. The number of hydrogen-bond donors (Lipinski definition) is 1. The summed E-state index contributed by atoms with van der Waals surface area (Å²) in [7, 11) is 1.59. The molecule has 0 atom stereocenters. The lowest BCUT2D eigenvalue weighted by atomic mass is 10.1. The molecular weight excluding hydrogens is 264 g/mol. The molecule has 0 aliphatic heterocycles. The number of nitrogens with zero attached hydrogens (tertiary/aromatic N) is 1. The summed E-state index contributed by atoms with van der Waals surface area (Å²) in [5.74, 6) is -1.18. The van der Waals surface area contributed by atoms with Gasteiger partial charge in [0.15, 0.2) is 0 Å². The zero-order valence-electron chi connectivity index (χ0n) is 12.2. The molecule has 0 aliphatic carbocycles. The summed E-state index contributed by atoms with van der Waals surface area (Å²) in [6, 6.07) is 16.8. The van der Waals surface area contributed by atoms with Crippen LogP contribution in [0, 0.1) is 6.92 Å². The third kappa shape index (κ3) is 3.69. The van der Waals surface area contributed by atoms with Gasteiger partial charge >= 0.3 is 11.8 Å². The molecule has 0 saturated heterocycles. The fraction of sp³-hybridized carbons (Fsp3) is 0.176. The quantitative estimate of drug-likeness (QED) is 0.878. The number of hydrogen-bond acceptors (Lipinski definition) is 2. The first-order valence-electron chi connectivity index (χ1n) is 6.75. The molecule has 0 radical (unpaired) electrons. The summed E-state index contributed by atoms with van der Waals surface area (Å²) in [6.07, 6.45) is 0. The van der Waals surface area contributed by atoms with Crippen molar-refractivity contribution in [3.05, 3.63) is 65.7 Å². The van der Waals surface area contributed by atoms with Gasteiger partial charge in [0.1, 0.15) is 0 Å². The van der Waals surface area contributed by atoms with Crippen LogP contribution in [0.4, 0.5) is 5.69 Å². The Kier molecular flexibility index (Phi) is 4.72. The third-order valence-corrected chi connectivity index (χ3v) is 3.34. The topological polar surface area (TPSA) is 49.4 Å². The van der Waals surface area contributed by atoms with Crippen LogP contribution < -0.4 is 10.2 Å². The zero-order valence-corrected chi connectivity index (χ0v) is 12.2. The van der Waals surface area contributed by atoms with Gasteiger partial charge in [-0.25, -0.2) is 0 Å². The van der Waals surface area contributed by atoms with Gasteiger partial charge < -0.3 is 10.2 Å². The van der Waals surface area contributed by atoms with Crippen molar-refractivity contribution in [1.82, 2.24) is 5.32 Å². The standard InChI is InChI=1S/C17H18N2O2/c1-13-8-6-7-9-14(13)12-18-16(20)17(21)19(2)15-10-4-3-5-11-15/h3-11H,12H2,1-2H3,(H,18,20). The molecule has 4 heteroatoms. The fourth-order valence-corrected chi connectivity index (χ4v) is 1.98. The molecule has 4 nitrogen and oxygen atoms in total. The van der Waals surface area contributed by atoms with Crippen molar-refractivity contribution in [1.29, 1.82) is 0 Å². The van der Waals surface area contributed by atoms with Crippen molar-refractivity contribution in [3.63, 3.8) is 0 Å². The second kappa shape index (κ2) is 6.70. The van der Waals surface area contributed by atoms with E-state index in [0.717, 1.165) is 11.1 Å². The highest BCUT2D eigenvalue weighted by atomic mass is 16.2. The summed E-state index contributed by atoms with van der Waals surface area (Å²) in [6.45, 7) is 2.32. The maximum atomic E-state index is 12.1. The van der Waals surface area contributed by atoms with Gasteiger partial charge in [0.2, 0.25) is 0 Å². The van der Waals surface area contributed by atoms with Crippen LogP contribution >= 0.6 is 0 Å². The van der Waals surface area contributed by atoms with Crippen molar-refractivity contribution in [2.45, 2.75) is 13.5 Å². The highest BCUT2D eigenvalue weighted by Crippen LogP contribution is 2.11. The highest BCUT2D eigenvalue weighted by Gasteiger charge is 2.19. The molecule has 0 aliphatic rings. The molecule has 2 aromatic rings. The minimum absolute atomic E-state index is 0.347. The van der Waals surface area contributed by atoms with E-state index in [1.54, 1.807) is 19.2 Å². The van der Waals surface area contributed by atoms with E-state index >= 15 is 0 Å². The van der Waals surface area contributed by atoms with E-state index in [1.165, 1.54) is 4.90 Å². The van der Waals surface area contributed by atoms with Crippen molar-refractivity contribution in [2.24, 2.45) is 0 Å². The minimum atomic E-state index is -0.607. The molecule has 0 bridgehead atoms. The molecular formula is C17H18N2O2. The van der Waals surface area contributed by atoms with Gasteiger partial charge in [0, 0.05) is 19.3 Å². The number of nitrogens with one attached hydrogen (secondary N) is 1. The van der Waals surface area contributed by atoms with Gasteiger partial charge in [-0.2, -0.15) is 0 Å². The van der Waals surface area contributed by atoms with Crippen molar-refractivity contribution < 1.29 is 9.59 Å². The molecule has 0 unspecified atom stereocenters. The van der Waals surface area contributed by atoms with Gasteiger partial charge in [-0.1, -0.05) is 42.5 Å². The lowest BCUT2D eigenvalue weighted by molar-refractivity contribution is -0.137. The minimum Gasteiger partial charge on any atom is -0.344 e. The van der Waals surface area contributed by atoms with Crippen LogP contribution in [0.25, 0.3) is 0 Å². The monoisotopic (exact) mass is 282 g/mol. The Bertz CT molecular complexity index is 638. The second-order valence-electron chi connectivity index (χ2n) is 4.81. The summed E-state index contributed by atoms with van der Waals surface area (Å²) < 4.78 is 0. The van der Waals surface area contributed by atoms with Gasteiger partial charge in [-0.15, -0.1) is 0 Å². The van der Waals surface area contributed by atoms with E-state index in [2.05, 4.69) is 5.32 Å². The molecule has 2 aromatic carbocycles. The first-order valence-corrected chi connectivity index (χ1v) is 6.75. The number of aryl methyl sites for hydroxylation is 1. The number of para-hydroxylation sites is 1. The Morgan fingerprint density at radius 2 is 1.62 bits per heavy atom. The maximum absolute atomic E-state index is 12.1. The number of amides is 2. The highest BCUT2D eigenvalue weighted by molar-refractivity contribution is 6.40. The predicted octanol–water partition coefficient (Wildman–Crippen LogP) is 2.27. The van der Waals surface area contributed by atoms with Crippen molar-refractivity contribution in [3.8, 4) is 0 Å². The van der Waals surface area contributed by atoms with Gasteiger partial charge in [-0.05, 0) is 30.2 Å². The van der Waals surface area contributed by atoms with Crippen LogP contribution in [-0.2, 0) is 16.1 Å². The molecule has 2 amide bonds. The molecule has 2 rings (SSSR count). The Balaban J connectivity index is 1.97. The lowest BCUT2D eigenvalue weighted by Crippen LogP contribution is -2.40. The summed E-state index contributed by atoms with van der Waals surface area (Å²) in [4.78, 5) is 25.3. The Morgan fingerprint density at radius 3 is 2.29 bits per heavy atom. The predicted molar refractivity (Wildman–Crippen MR) is 82.9 cm³/mol. The first-order chi connectivity index (χ1) is 10.1. The van der Waals surface area contributed by atoms with E-state index in [0.29, 0.717) is 12.2 Å². The van der Waals surface area contributed by atoms with Gasteiger partial charge in [0.25, 0.3) is 0 Å². The number of rotatable bonds is 3. The van der Waals surface area contributed by atoms with Crippen LogP contribution in [0.15, 0.2) is 54.6 Å². The number of anilines is 1. The summed E-state index contributed by atoms with van der Waals surface area (Å²) in [5.41, 5.74) is 2.77. The smallest absolute Gasteiger partial charge is 0.316 e. The second-order valence-corrected chi connectivity index (χ2v) is 4.81. The van der Waals surface area contributed by atoms with Crippen molar-refractivity contribution in [2.75, 3.05) is 11.9 Å². The largest absolute Gasteiger partial charge is 0.344 e. The molecule has 0 spiro atoms. The molecule has 0 heterocycles. The molecule has 0 saturated carbocycles. The molecule has 0 fully saturated rings. The average Bonchev–Trinajstić information content (AvgIpc) is 2.53. The van der Waals surface area contributed by atoms with E-state index in [4.69, 9.17) is 0 Å². The van der Waals surface area contributed by atoms with Crippen LogP contribution in [0.1, 0.15) is 11.1 Å². The number of carbonyl (C=O) groups is 2. The molecule has 108 valence electrons. The van der Waals surface area contributed by atoms with Gasteiger partial charge in [-0.3, -0.25) is 9.59 Å². The van der Waals surface area contributed by atoms with Crippen LogP contribution in [0.3, 0.4) is 0 Å². The average molecular weight is 282 g/mol. The van der Waals surface area contributed by atoms with E-state index in [-0.39, 0.29) is 0 Å². The van der Waals surface area contributed by atoms with E-state index in [1.807, 2.05) is 49.4 Å². The van der Waals surface area contributed by atoms with Crippen LogP contribution in [-0.4, -0.2) is 18.9 Å².